The Morgan fingerprint density at radius 3 is 2.33 bits per heavy atom. The molecule has 0 saturated heterocycles. The van der Waals surface area contributed by atoms with Crippen molar-refractivity contribution in [3.63, 3.8) is 0 Å². The highest BCUT2D eigenvalue weighted by atomic mass is 32.2. The number of rotatable bonds is 6. The second-order valence-corrected chi connectivity index (χ2v) is 13.5. The minimum atomic E-state index is -3.96. The van der Waals surface area contributed by atoms with Gasteiger partial charge in [0.1, 0.15) is 17.1 Å². The molecule has 0 aromatic heterocycles. The highest BCUT2D eigenvalue weighted by Gasteiger charge is 2.42. The topological polar surface area (TPSA) is 84.9 Å². The van der Waals surface area contributed by atoms with Crippen LogP contribution in [0.3, 0.4) is 0 Å². The van der Waals surface area contributed by atoms with Crippen molar-refractivity contribution in [2.45, 2.75) is 81.9 Å². The van der Waals surface area contributed by atoms with Gasteiger partial charge in [0.2, 0.25) is 0 Å². The summed E-state index contributed by atoms with van der Waals surface area (Å²) in [6, 6.07) is 21.3. The monoisotopic (exact) mass is 562 g/mol. The second-order valence-electron chi connectivity index (χ2n) is 11.7. The molecule has 0 aliphatic carbocycles. The van der Waals surface area contributed by atoms with Gasteiger partial charge in [-0.2, -0.15) is 0 Å². The van der Waals surface area contributed by atoms with Gasteiger partial charge in [-0.25, -0.2) is 8.42 Å². The van der Waals surface area contributed by atoms with E-state index in [0.29, 0.717) is 17.9 Å². The number of benzene rings is 3. The summed E-state index contributed by atoms with van der Waals surface area (Å²) in [5.74, 6) is 0.769. The number of amides is 1. The highest BCUT2D eigenvalue weighted by Crippen LogP contribution is 2.44. The van der Waals surface area contributed by atoms with Crippen LogP contribution in [-0.2, 0) is 20.2 Å². The van der Waals surface area contributed by atoms with Gasteiger partial charge in [0.15, 0.2) is 6.10 Å². The zero-order chi connectivity index (χ0) is 28.7. The first-order valence-corrected chi connectivity index (χ1v) is 15.4. The number of anilines is 1. The van der Waals surface area contributed by atoms with E-state index in [1.165, 1.54) is 4.31 Å². The van der Waals surface area contributed by atoms with Crippen molar-refractivity contribution >= 4 is 21.6 Å². The molecule has 8 heteroatoms. The maximum atomic E-state index is 13.9. The van der Waals surface area contributed by atoms with Crippen molar-refractivity contribution in [1.82, 2.24) is 5.32 Å². The van der Waals surface area contributed by atoms with Gasteiger partial charge in [-0.3, -0.25) is 9.10 Å². The molecule has 3 aromatic rings. The fourth-order valence-electron chi connectivity index (χ4n) is 5.50. The fourth-order valence-corrected chi connectivity index (χ4v) is 6.99. The van der Waals surface area contributed by atoms with Crippen LogP contribution in [-0.4, -0.2) is 32.6 Å². The normalized spacial score (nSPS) is 20.0. The molecule has 0 fully saturated rings. The summed E-state index contributed by atoms with van der Waals surface area (Å²) >= 11 is 0. The Bertz CT molecular complexity index is 1490. The standard InChI is InChI=1S/C32H38N2O5S/c1-6-32(7-2)20-25(24-15-11-12-16-27(24)39-32)33-30(35)29-21-34(40(36,37)23-13-9-8-10-14-23)26-19-22(31(3,4)5)17-18-28(26)38-29/h8-19,25,29H,6-7,20-21H2,1-5H3,(H,33,35). The predicted octanol–water partition coefficient (Wildman–Crippen LogP) is 6.14. The van der Waals surface area contributed by atoms with Crippen LogP contribution in [0.2, 0.25) is 0 Å². The van der Waals surface area contributed by atoms with Crippen molar-refractivity contribution < 1.29 is 22.7 Å². The predicted molar refractivity (Wildman–Crippen MR) is 156 cm³/mol. The summed E-state index contributed by atoms with van der Waals surface area (Å²) < 4.78 is 41.8. The molecule has 1 amide bonds. The zero-order valence-corrected chi connectivity index (χ0v) is 24.6. The van der Waals surface area contributed by atoms with Crippen LogP contribution in [0.4, 0.5) is 5.69 Å². The van der Waals surface area contributed by atoms with Crippen molar-refractivity contribution in [2.24, 2.45) is 0 Å². The summed E-state index contributed by atoms with van der Waals surface area (Å²) in [4.78, 5) is 14.0. The molecule has 0 radical (unpaired) electrons. The molecule has 1 N–H and O–H groups in total. The average molecular weight is 563 g/mol. The van der Waals surface area contributed by atoms with E-state index < -0.39 is 21.7 Å². The molecule has 2 heterocycles. The Morgan fingerprint density at radius 1 is 0.975 bits per heavy atom. The van der Waals surface area contributed by atoms with Crippen LogP contribution >= 0.6 is 0 Å². The van der Waals surface area contributed by atoms with Crippen LogP contribution in [0.5, 0.6) is 11.5 Å². The quantitative estimate of drug-likeness (QED) is 0.390. The molecule has 0 saturated carbocycles. The first-order valence-electron chi connectivity index (χ1n) is 13.9. The number of para-hydroxylation sites is 1. The van der Waals surface area contributed by atoms with E-state index in [-0.39, 0.29) is 28.8 Å². The van der Waals surface area contributed by atoms with Crippen LogP contribution in [0.25, 0.3) is 0 Å². The third-order valence-corrected chi connectivity index (χ3v) is 9.91. The van der Waals surface area contributed by atoms with Gasteiger partial charge in [0.05, 0.1) is 23.2 Å². The zero-order valence-electron chi connectivity index (χ0n) is 23.8. The Labute approximate surface area is 237 Å². The van der Waals surface area contributed by atoms with Gasteiger partial charge >= 0.3 is 0 Å². The molecule has 2 aliphatic heterocycles. The summed E-state index contributed by atoms with van der Waals surface area (Å²) in [7, 11) is -3.96. The molecular weight excluding hydrogens is 524 g/mol. The molecule has 0 bridgehead atoms. The van der Waals surface area contributed by atoms with E-state index in [0.717, 1.165) is 29.7 Å². The molecule has 2 atom stereocenters. The molecule has 2 aliphatic rings. The third-order valence-electron chi connectivity index (χ3n) is 8.12. The Balaban J connectivity index is 1.50. The smallest absolute Gasteiger partial charge is 0.264 e. The van der Waals surface area contributed by atoms with E-state index in [9.17, 15) is 13.2 Å². The lowest BCUT2D eigenvalue weighted by atomic mass is 9.83. The second kappa shape index (κ2) is 10.5. The van der Waals surface area contributed by atoms with Crippen molar-refractivity contribution in [2.75, 3.05) is 10.8 Å². The maximum absolute atomic E-state index is 13.9. The molecule has 7 nitrogen and oxygen atoms in total. The third kappa shape index (κ3) is 5.17. The minimum absolute atomic E-state index is 0.138. The molecule has 212 valence electrons. The number of fused-ring (bicyclic) bond motifs is 2. The summed E-state index contributed by atoms with van der Waals surface area (Å²) in [6.45, 7) is 10.3. The number of carbonyl (C=O) groups is 1. The summed E-state index contributed by atoms with van der Waals surface area (Å²) in [6.07, 6.45) is 1.19. The molecule has 0 spiro atoms. The molecule has 2 unspecified atom stereocenters. The van der Waals surface area contributed by atoms with Gasteiger partial charge in [0.25, 0.3) is 15.9 Å². The van der Waals surface area contributed by atoms with Crippen molar-refractivity contribution in [3.05, 3.63) is 83.9 Å². The lowest BCUT2D eigenvalue weighted by Gasteiger charge is -2.42. The average Bonchev–Trinajstić information content (AvgIpc) is 2.96. The summed E-state index contributed by atoms with van der Waals surface area (Å²) in [5.41, 5.74) is 1.73. The largest absolute Gasteiger partial charge is 0.487 e. The number of ether oxygens (including phenoxy) is 2. The van der Waals surface area contributed by atoms with Gasteiger partial charge in [-0.15, -0.1) is 0 Å². The molecule has 40 heavy (non-hydrogen) atoms. The van der Waals surface area contributed by atoms with E-state index in [4.69, 9.17) is 9.47 Å². The Morgan fingerprint density at radius 2 is 1.65 bits per heavy atom. The van der Waals surface area contributed by atoms with Crippen molar-refractivity contribution in [3.8, 4) is 11.5 Å². The fraction of sp³-hybridized carbons (Fsp3) is 0.406. The van der Waals surface area contributed by atoms with Gasteiger partial charge < -0.3 is 14.8 Å². The number of hydrogen-bond donors (Lipinski definition) is 1. The van der Waals surface area contributed by atoms with Crippen LogP contribution < -0.4 is 19.1 Å². The van der Waals surface area contributed by atoms with Gasteiger partial charge in [-0.05, 0) is 54.2 Å². The molecule has 5 rings (SSSR count). The first-order chi connectivity index (χ1) is 19.0. The van der Waals surface area contributed by atoms with E-state index in [2.05, 4.69) is 39.9 Å². The lowest BCUT2D eigenvalue weighted by molar-refractivity contribution is -0.129. The molecule has 3 aromatic carbocycles. The SMILES string of the molecule is CCC1(CC)CC(NC(=O)C2CN(S(=O)(=O)c3ccccc3)c3cc(C(C)(C)C)ccc3O2)c2ccccc2O1. The number of carbonyl (C=O) groups excluding carboxylic acids is 1. The minimum Gasteiger partial charge on any atom is -0.487 e. The highest BCUT2D eigenvalue weighted by molar-refractivity contribution is 7.92. The molecular formula is C32H38N2O5S. The number of nitrogens with zero attached hydrogens (tertiary/aromatic N) is 1. The van der Waals surface area contributed by atoms with Gasteiger partial charge in [-0.1, -0.05) is 77.1 Å². The van der Waals surface area contributed by atoms with E-state index in [1.807, 2.05) is 36.4 Å². The maximum Gasteiger partial charge on any atom is 0.264 e. The lowest BCUT2D eigenvalue weighted by Crippen LogP contribution is -2.53. The number of sulfonamides is 1. The van der Waals surface area contributed by atoms with E-state index >= 15 is 0 Å². The Hall–Kier alpha value is -3.52. The van der Waals surface area contributed by atoms with Crippen LogP contribution in [0.15, 0.2) is 77.7 Å². The number of nitrogens with one attached hydrogen (secondary N) is 1. The van der Waals surface area contributed by atoms with Gasteiger partial charge in [0, 0.05) is 12.0 Å². The van der Waals surface area contributed by atoms with E-state index in [1.54, 1.807) is 36.4 Å². The van der Waals surface area contributed by atoms with Crippen LogP contribution in [0, 0.1) is 0 Å². The number of hydrogen-bond acceptors (Lipinski definition) is 5. The Kier molecular flexibility index (Phi) is 7.33. The summed E-state index contributed by atoms with van der Waals surface area (Å²) in [5, 5.41) is 3.18. The van der Waals surface area contributed by atoms with Crippen LogP contribution in [0.1, 0.15) is 71.0 Å². The van der Waals surface area contributed by atoms with Crippen molar-refractivity contribution in [1.29, 1.82) is 0 Å². The first kappa shape index (κ1) is 28.0.